The zero-order chi connectivity index (χ0) is 23.2. The third kappa shape index (κ3) is 3.50. The Kier molecular flexibility index (Phi) is 5.20. The number of hydrogen-bond acceptors (Lipinski definition) is 5. The van der Waals surface area contributed by atoms with E-state index in [1.54, 1.807) is 0 Å². The number of aromatic amines is 1. The number of rotatable bonds is 4. The van der Waals surface area contributed by atoms with Crippen molar-refractivity contribution >= 4 is 16.6 Å². The van der Waals surface area contributed by atoms with Gasteiger partial charge in [-0.3, -0.25) is 4.79 Å². The van der Waals surface area contributed by atoms with Crippen LogP contribution in [0.5, 0.6) is 0 Å². The molecule has 174 valence electrons. The molecule has 2 aromatic heterocycles. The van der Waals surface area contributed by atoms with E-state index in [0.717, 1.165) is 59.3 Å². The molecule has 4 aromatic rings. The molecule has 0 spiro atoms. The number of hydrogen-bond donors (Lipinski definition) is 1. The lowest BCUT2D eigenvalue weighted by Crippen LogP contribution is -2.35. The molecule has 1 fully saturated rings. The predicted octanol–water partition coefficient (Wildman–Crippen LogP) is 4.79. The van der Waals surface area contributed by atoms with Gasteiger partial charge in [-0.25, -0.2) is 4.68 Å². The zero-order valence-electron chi connectivity index (χ0n) is 19.8. The predicted molar refractivity (Wildman–Crippen MR) is 133 cm³/mol. The van der Waals surface area contributed by atoms with Gasteiger partial charge in [0.25, 0.3) is 5.56 Å². The van der Waals surface area contributed by atoms with Crippen molar-refractivity contribution in [1.29, 1.82) is 0 Å². The van der Waals surface area contributed by atoms with Crippen LogP contribution in [0.15, 0.2) is 47.3 Å². The van der Waals surface area contributed by atoms with Crippen molar-refractivity contribution in [2.75, 3.05) is 11.4 Å². The van der Waals surface area contributed by atoms with E-state index in [9.17, 15) is 4.79 Å². The van der Waals surface area contributed by atoms with Crippen LogP contribution < -0.4 is 10.5 Å². The average Bonchev–Trinajstić information content (AvgIpc) is 3.49. The van der Waals surface area contributed by atoms with Gasteiger partial charge in [-0.2, -0.15) is 0 Å². The summed E-state index contributed by atoms with van der Waals surface area (Å²) in [6.07, 6.45) is 6.75. The SMILES string of the molecule is Cc1cc(C)c2cc([C@@H](c3nnnn3C3CCCCC3)N3CCc4ccccc43)c(=O)[nH]c2c1. The lowest BCUT2D eigenvalue weighted by atomic mass is 9.95. The number of pyridine rings is 1. The minimum Gasteiger partial charge on any atom is -0.357 e. The molecule has 1 saturated carbocycles. The normalized spacial score (nSPS) is 17.3. The molecule has 1 aliphatic carbocycles. The third-order valence-corrected chi connectivity index (χ3v) is 7.55. The number of aryl methyl sites for hydroxylation is 2. The van der Waals surface area contributed by atoms with Crippen LogP contribution in [-0.2, 0) is 6.42 Å². The summed E-state index contributed by atoms with van der Waals surface area (Å²) in [5.74, 6) is 0.762. The van der Waals surface area contributed by atoms with Crippen LogP contribution >= 0.6 is 0 Å². The molecule has 0 bridgehead atoms. The van der Waals surface area contributed by atoms with Crippen LogP contribution in [0.4, 0.5) is 5.69 Å². The summed E-state index contributed by atoms with van der Waals surface area (Å²) in [6, 6.07) is 14.7. The number of benzene rings is 2. The fourth-order valence-corrected chi connectivity index (χ4v) is 5.94. The molecule has 2 aliphatic rings. The first-order valence-electron chi connectivity index (χ1n) is 12.4. The molecule has 6 rings (SSSR count). The highest BCUT2D eigenvalue weighted by molar-refractivity contribution is 5.83. The number of aromatic nitrogens is 5. The second kappa shape index (κ2) is 8.38. The second-order valence-corrected chi connectivity index (χ2v) is 9.84. The highest BCUT2D eigenvalue weighted by Gasteiger charge is 2.35. The maximum atomic E-state index is 13.6. The Hall–Kier alpha value is -3.48. The first-order valence-corrected chi connectivity index (χ1v) is 12.4. The number of anilines is 1. The summed E-state index contributed by atoms with van der Waals surface area (Å²) >= 11 is 0. The maximum Gasteiger partial charge on any atom is 0.254 e. The molecule has 7 nitrogen and oxygen atoms in total. The minimum absolute atomic E-state index is 0.0786. The summed E-state index contributed by atoms with van der Waals surface area (Å²) < 4.78 is 2.01. The largest absolute Gasteiger partial charge is 0.357 e. The molecule has 0 unspecified atom stereocenters. The second-order valence-electron chi connectivity index (χ2n) is 9.84. The summed E-state index contributed by atoms with van der Waals surface area (Å²) in [4.78, 5) is 19.1. The lowest BCUT2D eigenvalue weighted by molar-refractivity contribution is 0.313. The summed E-state index contributed by atoms with van der Waals surface area (Å²) in [6.45, 7) is 4.98. The van der Waals surface area contributed by atoms with Crippen molar-refractivity contribution in [1.82, 2.24) is 25.2 Å². The molecule has 2 aromatic carbocycles. The van der Waals surface area contributed by atoms with Crippen LogP contribution in [-0.4, -0.2) is 31.7 Å². The summed E-state index contributed by atoms with van der Waals surface area (Å²) in [5, 5.41) is 14.2. The number of tetrazole rings is 1. The Morgan fingerprint density at radius 3 is 2.74 bits per heavy atom. The van der Waals surface area contributed by atoms with Crippen molar-refractivity contribution in [3.05, 3.63) is 80.9 Å². The van der Waals surface area contributed by atoms with Crippen molar-refractivity contribution in [2.24, 2.45) is 0 Å². The Morgan fingerprint density at radius 1 is 1.06 bits per heavy atom. The Morgan fingerprint density at radius 2 is 1.88 bits per heavy atom. The van der Waals surface area contributed by atoms with Crippen molar-refractivity contribution in [3.63, 3.8) is 0 Å². The van der Waals surface area contributed by atoms with E-state index in [1.165, 1.54) is 24.8 Å². The van der Waals surface area contributed by atoms with Gasteiger partial charge >= 0.3 is 0 Å². The quantitative estimate of drug-likeness (QED) is 0.480. The van der Waals surface area contributed by atoms with Gasteiger partial charge in [-0.15, -0.1) is 5.10 Å². The first kappa shape index (κ1) is 21.1. The number of fused-ring (bicyclic) bond motifs is 2. The van der Waals surface area contributed by atoms with Crippen molar-refractivity contribution < 1.29 is 0 Å². The monoisotopic (exact) mass is 454 g/mol. The zero-order valence-corrected chi connectivity index (χ0v) is 19.8. The van der Waals surface area contributed by atoms with E-state index in [0.29, 0.717) is 5.56 Å². The van der Waals surface area contributed by atoms with Gasteiger partial charge in [0.05, 0.1) is 6.04 Å². The van der Waals surface area contributed by atoms with Crippen LogP contribution in [0.25, 0.3) is 10.9 Å². The summed E-state index contributed by atoms with van der Waals surface area (Å²) in [7, 11) is 0. The fourth-order valence-electron chi connectivity index (χ4n) is 5.94. The van der Waals surface area contributed by atoms with E-state index < -0.39 is 0 Å². The van der Waals surface area contributed by atoms with Crippen LogP contribution in [0.2, 0.25) is 0 Å². The van der Waals surface area contributed by atoms with E-state index in [4.69, 9.17) is 0 Å². The highest BCUT2D eigenvalue weighted by atomic mass is 16.1. The Balaban J connectivity index is 1.56. The topological polar surface area (TPSA) is 79.7 Å². The number of H-pyrrole nitrogens is 1. The van der Waals surface area contributed by atoms with Gasteiger partial charge in [0.2, 0.25) is 0 Å². The minimum atomic E-state index is -0.352. The molecule has 34 heavy (non-hydrogen) atoms. The maximum absolute atomic E-state index is 13.6. The number of nitrogens with zero attached hydrogens (tertiary/aromatic N) is 5. The van der Waals surface area contributed by atoms with Gasteiger partial charge < -0.3 is 9.88 Å². The smallest absolute Gasteiger partial charge is 0.254 e. The Bertz CT molecular complexity index is 1410. The van der Waals surface area contributed by atoms with Crippen LogP contribution in [0, 0.1) is 13.8 Å². The van der Waals surface area contributed by atoms with Crippen LogP contribution in [0.3, 0.4) is 0 Å². The highest BCUT2D eigenvalue weighted by Crippen LogP contribution is 2.39. The average molecular weight is 455 g/mol. The van der Waals surface area contributed by atoms with Crippen LogP contribution in [0.1, 0.15) is 72.3 Å². The molecule has 1 N–H and O–H groups in total. The molecule has 0 amide bonds. The molecule has 0 radical (unpaired) electrons. The van der Waals surface area contributed by atoms with Gasteiger partial charge in [0.1, 0.15) is 6.04 Å². The van der Waals surface area contributed by atoms with Crippen molar-refractivity contribution in [2.45, 2.75) is 64.5 Å². The molecule has 7 heteroatoms. The van der Waals surface area contributed by atoms with Crippen molar-refractivity contribution in [3.8, 4) is 0 Å². The number of para-hydroxylation sites is 1. The molecule has 3 heterocycles. The van der Waals surface area contributed by atoms with E-state index in [-0.39, 0.29) is 17.6 Å². The summed E-state index contributed by atoms with van der Waals surface area (Å²) in [5.41, 5.74) is 6.24. The molecular formula is C27H30N6O. The molecule has 0 saturated heterocycles. The third-order valence-electron chi connectivity index (χ3n) is 7.55. The van der Waals surface area contributed by atoms with E-state index in [1.807, 2.05) is 10.7 Å². The van der Waals surface area contributed by atoms with E-state index >= 15 is 0 Å². The molecular weight excluding hydrogens is 424 g/mol. The van der Waals surface area contributed by atoms with Gasteiger partial charge in [0, 0.05) is 28.7 Å². The molecule has 1 atom stereocenters. The van der Waals surface area contributed by atoms with E-state index in [2.05, 4.69) is 75.7 Å². The lowest BCUT2D eigenvalue weighted by Gasteiger charge is -2.31. The molecule has 1 aliphatic heterocycles. The fraction of sp³-hybridized carbons (Fsp3) is 0.407. The standard InChI is InChI=1S/C27H30N6O/c1-17-14-18(2)21-16-22(27(34)28-23(21)15-17)25(32-13-12-19-8-6-7-11-24(19)32)26-29-30-31-33(26)20-9-4-3-5-10-20/h6-8,11,14-16,20,25H,3-5,9-10,12-13H2,1-2H3,(H,28,34)/t25-/m0/s1. The number of nitrogens with one attached hydrogen (secondary N) is 1. The van der Waals surface area contributed by atoms with Gasteiger partial charge in [-0.1, -0.05) is 43.5 Å². The van der Waals surface area contributed by atoms with Gasteiger partial charge in [-0.05, 0) is 78.4 Å². The first-order chi connectivity index (χ1) is 16.6. The Labute approximate surface area is 198 Å². The van der Waals surface area contributed by atoms with Gasteiger partial charge in [0.15, 0.2) is 5.82 Å².